The van der Waals surface area contributed by atoms with E-state index in [0.29, 0.717) is 0 Å². The van der Waals surface area contributed by atoms with Crippen LogP contribution in [-0.4, -0.2) is 9.13 Å². The second-order valence-corrected chi connectivity index (χ2v) is 5.60. The first-order chi connectivity index (χ1) is 8.99. The minimum Gasteiger partial charge on any atom is -0.349 e. The predicted molar refractivity (Wildman–Crippen MR) is 79.7 cm³/mol. The van der Waals surface area contributed by atoms with Gasteiger partial charge in [0.1, 0.15) is 12.4 Å². The second kappa shape index (κ2) is 5.70. The fourth-order valence-electron chi connectivity index (χ4n) is 2.47. The van der Waals surface area contributed by atoms with Gasteiger partial charge in [-0.25, -0.2) is 9.13 Å². The van der Waals surface area contributed by atoms with Gasteiger partial charge in [-0.05, 0) is 26.0 Å². The van der Waals surface area contributed by atoms with E-state index in [4.69, 9.17) is 12.2 Å². The third kappa shape index (κ3) is 3.13. The van der Waals surface area contributed by atoms with Gasteiger partial charge in [0.05, 0.1) is 13.6 Å². The number of aromatic nitrogens is 3. The molecular weight excluding hydrogens is 254 g/mol. The summed E-state index contributed by atoms with van der Waals surface area (Å²) in [6.45, 7) is 8.49. The Balaban J connectivity index is 2.04. The summed E-state index contributed by atoms with van der Waals surface area (Å²) in [4.78, 5) is 0. The molecule has 0 saturated carbocycles. The van der Waals surface area contributed by atoms with Gasteiger partial charge in [0.2, 0.25) is 0 Å². The first kappa shape index (κ1) is 14.0. The summed E-state index contributed by atoms with van der Waals surface area (Å²) in [7, 11) is 2.08. The minimum atomic E-state index is 0.930. The Labute approximate surface area is 120 Å². The lowest BCUT2D eigenvalue weighted by atomic mass is 10.2. The molecule has 3 nitrogen and oxygen atoms in total. The zero-order valence-corrected chi connectivity index (χ0v) is 13.0. The highest BCUT2D eigenvalue weighted by atomic mass is 32.1. The van der Waals surface area contributed by atoms with Gasteiger partial charge >= 0.3 is 0 Å². The van der Waals surface area contributed by atoms with Gasteiger partial charge in [0.25, 0.3) is 5.82 Å². The lowest BCUT2D eigenvalue weighted by Gasteiger charge is -2.14. The smallest absolute Gasteiger partial charge is 0.253 e. The van der Waals surface area contributed by atoms with Crippen LogP contribution in [0.15, 0.2) is 24.5 Å². The average Bonchev–Trinajstić information content (AvgIpc) is 2.64. The molecule has 0 aliphatic heterocycles. The molecule has 2 aromatic rings. The molecule has 0 aliphatic rings. The zero-order chi connectivity index (χ0) is 14.0. The Hall–Kier alpha value is -1.42. The minimum absolute atomic E-state index is 0.930. The SMILES string of the molecule is Cc1cc(=S)cc(C)n1CCCn1cc[n+](C)c1C. The van der Waals surface area contributed by atoms with Crippen molar-refractivity contribution < 1.29 is 4.57 Å². The third-order valence-electron chi connectivity index (χ3n) is 3.73. The second-order valence-electron chi connectivity index (χ2n) is 5.13. The fraction of sp³-hybridized carbons (Fsp3) is 0.467. The molecule has 0 fully saturated rings. The van der Waals surface area contributed by atoms with Crippen LogP contribution >= 0.6 is 12.2 Å². The molecule has 0 bridgehead atoms. The predicted octanol–water partition coefficient (Wildman–Crippen LogP) is 2.86. The molecule has 0 N–H and O–H groups in total. The van der Waals surface area contributed by atoms with Crippen LogP contribution in [0.5, 0.6) is 0 Å². The highest BCUT2D eigenvalue weighted by molar-refractivity contribution is 7.71. The summed E-state index contributed by atoms with van der Waals surface area (Å²) in [6.07, 6.45) is 5.37. The summed E-state index contributed by atoms with van der Waals surface area (Å²) in [5, 5.41) is 0. The number of nitrogens with zero attached hydrogens (tertiary/aromatic N) is 3. The molecule has 2 aromatic heterocycles. The van der Waals surface area contributed by atoms with Crippen molar-refractivity contribution in [1.29, 1.82) is 0 Å². The molecule has 102 valence electrons. The van der Waals surface area contributed by atoms with E-state index in [1.165, 1.54) is 17.2 Å². The van der Waals surface area contributed by atoms with Crippen LogP contribution in [0.4, 0.5) is 0 Å². The standard InChI is InChI=1S/C15H22N3S/c1-12-10-15(19)11-13(2)18(12)7-5-6-17-9-8-16(4)14(17)3/h8-11H,5-7H2,1-4H3/q+1. The van der Waals surface area contributed by atoms with Crippen molar-refractivity contribution in [1.82, 2.24) is 9.13 Å². The average molecular weight is 276 g/mol. The topological polar surface area (TPSA) is 13.7 Å². The van der Waals surface area contributed by atoms with Gasteiger partial charge in [0.15, 0.2) is 0 Å². The first-order valence-electron chi connectivity index (χ1n) is 6.68. The first-order valence-corrected chi connectivity index (χ1v) is 7.09. The molecule has 2 rings (SSSR count). The van der Waals surface area contributed by atoms with Crippen molar-refractivity contribution in [3.63, 3.8) is 0 Å². The highest BCUT2D eigenvalue weighted by Gasteiger charge is 2.08. The van der Waals surface area contributed by atoms with Gasteiger partial charge in [0, 0.05) is 35.8 Å². The van der Waals surface area contributed by atoms with Crippen molar-refractivity contribution >= 4 is 12.2 Å². The van der Waals surface area contributed by atoms with Crippen molar-refractivity contribution in [2.24, 2.45) is 7.05 Å². The fourth-order valence-corrected chi connectivity index (χ4v) is 2.82. The molecule has 2 heterocycles. The molecule has 0 radical (unpaired) electrons. The number of pyridine rings is 1. The lowest BCUT2D eigenvalue weighted by Crippen LogP contribution is -2.29. The maximum Gasteiger partial charge on any atom is 0.253 e. The van der Waals surface area contributed by atoms with Crippen LogP contribution in [0.1, 0.15) is 23.6 Å². The summed E-state index contributed by atoms with van der Waals surface area (Å²) in [6, 6.07) is 4.15. The summed E-state index contributed by atoms with van der Waals surface area (Å²) >= 11 is 5.24. The van der Waals surface area contributed by atoms with E-state index in [1.54, 1.807) is 0 Å². The van der Waals surface area contributed by atoms with Gasteiger partial charge in [-0.2, -0.15) is 0 Å². The van der Waals surface area contributed by atoms with E-state index in [9.17, 15) is 0 Å². The van der Waals surface area contributed by atoms with E-state index >= 15 is 0 Å². The summed E-state index contributed by atoms with van der Waals surface area (Å²) in [5.74, 6) is 1.29. The van der Waals surface area contributed by atoms with E-state index in [0.717, 1.165) is 24.0 Å². The largest absolute Gasteiger partial charge is 0.349 e. The number of hydrogen-bond donors (Lipinski definition) is 0. The Morgan fingerprint density at radius 3 is 2.26 bits per heavy atom. The molecule has 19 heavy (non-hydrogen) atoms. The molecule has 0 aliphatic carbocycles. The number of hydrogen-bond acceptors (Lipinski definition) is 1. The molecule has 0 unspecified atom stereocenters. The zero-order valence-electron chi connectivity index (χ0n) is 12.2. The van der Waals surface area contributed by atoms with Gasteiger partial charge in [-0.1, -0.05) is 12.2 Å². The van der Waals surface area contributed by atoms with Crippen molar-refractivity contribution in [3.05, 3.63) is 46.2 Å². The Morgan fingerprint density at radius 1 is 1.11 bits per heavy atom. The van der Waals surface area contributed by atoms with Crippen LogP contribution in [0, 0.1) is 25.3 Å². The van der Waals surface area contributed by atoms with Crippen molar-refractivity contribution in [2.75, 3.05) is 0 Å². The summed E-state index contributed by atoms with van der Waals surface area (Å²) < 4.78 is 7.72. The molecule has 0 amide bonds. The number of rotatable bonds is 4. The van der Waals surface area contributed by atoms with Gasteiger partial charge in [-0.15, -0.1) is 0 Å². The molecule has 0 spiro atoms. The maximum absolute atomic E-state index is 5.24. The Kier molecular flexibility index (Phi) is 4.20. The molecule has 0 aromatic carbocycles. The van der Waals surface area contributed by atoms with Gasteiger partial charge < -0.3 is 4.57 Å². The van der Waals surface area contributed by atoms with Crippen LogP contribution in [0.3, 0.4) is 0 Å². The van der Waals surface area contributed by atoms with E-state index in [-0.39, 0.29) is 0 Å². The van der Waals surface area contributed by atoms with Crippen molar-refractivity contribution in [3.8, 4) is 0 Å². The van der Waals surface area contributed by atoms with Crippen LogP contribution in [0.2, 0.25) is 0 Å². The molecule has 4 heteroatoms. The van der Waals surface area contributed by atoms with Crippen LogP contribution in [-0.2, 0) is 20.1 Å². The van der Waals surface area contributed by atoms with Crippen LogP contribution in [0.25, 0.3) is 0 Å². The van der Waals surface area contributed by atoms with E-state index in [1.807, 2.05) is 0 Å². The maximum atomic E-state index is 5.24. The van der Waals surface area contributed by atoms with E-state index in [2.05, 4.69) is 66.0 Å². The monoisotopic (exact) mass is 276 g/mol. The number of imidazole rings is 1. The Morgan fingerprint density at radius 2 is 1.74 bits per heavy atom. The van der Waals surface area contributed by atoms with Gasteiger partial charge in [-0.3, -0.25) is 0 Å². The summed E-state index contributed by atoms with van der Waals surface area (Å²) in [5.41, 5.74) is 2.50. The Bertz CT molecular complexity index is 611. The third-order valence-corrected chi connectivity index (χ3v) is 3.97. The number of aryl methyl sites for hydroxylation is 4. The van der Waals surface area contributed by atoms with E-state index < -0.39 is 0 Å². The normalized spacial score (nSPS) is 10.9. The quantitative estimate of drug-likeness (QED) is 0.618. The molecule has 0 atom stereocenters. The van der Waals surface area contributed by atoms with Crippen LogP contribution < -0.4 is 4.57 Å². The lowest BCUT2D eigenvalue weighted by molar-refractivity contribution is -0.677. The molecular formula is C15H22N3S+. The highest BCUT2D eigenvalue weighted by Crippen LogP contribution is 2.08. The van der Waals surface area contributed by atoms with Crippen molar-refractivity contribution in [2.45, 2.75) is 40.3 Å². The molecule has 0 saturated heterocycles.